The normalized spacial score (nSPS) is 10.8. The number of esters is 2. The molecule has 0 unspecified atom stereocenters. The SMILES string of the molecule is CCOC(=O)c1c(C)n(-c2ccccc2)c2ccc(OC(=O)CCCCl)cc12. The van der Waals surface area contributed by atoms with Gasteiger partial charge >= 0.3 is 11.9 Å². The van der Waals surface area contributed by atoms with Gasteiger partial charge in [0.2, 0.25) is 0 Å². The van der Waals surface area contributed by atoms with Crippen LogP contribution < -0.4 is 4.74 Å². The van der Waals surface area contributed by atoms with Crippen LogP contribution in [0.5, 0.6) is 5.75 Å². The van der Waals surface area contributed by atoms with Crippen LogP contribution in [0.4, 0.5) is 0 Å². The third-order valence-corrected chi connectivity index (χ3v) is 4.68. The highest BCUT2D eigenvalue weighted by atomic mass is 35.5. The summed E-state index contributed by atoms with van der Waals surface area (Å²) in [6.45, 7) is 3.93. The molecule has 0 saturated carbocycles. The second-order valence-corrected chi connectivity index (χ2v) is 6.68. The van der Waals surface area contributed by atoms with Gasteiger partial charge in [-0.05, 0) is 50.6 Å². The van der Waals surface area contributed by atoms with Gasteiger partial charge in [-0.25, -0.2) is 4.79 Å². The van der Waals surface area contributed by atoms with Crippen LogP contribution in [0.1, 0.15) is 35.8 Å². The average molecular weight is 400 g/mol. The Morgan fingerprint density at radius 2 is 1.86 bits per heavy atom. The van der Waals surface area contributed by atoms with Crippen molar-refractivity contribution in [2.75, 3.05) is 12.5 Å². The molecule has 1 aromatic heterocycles. The highest BCUT2D eigenvalue weighted by Crippen LogP contribution is 2.32. The predicted octanol–water partition coefficient (Wildman–Crippen LogP) is 5.04. The third kappa shape index (κ3) is 4.04. The second-order valence-electron chi connectivity index (χ2n) is 6.30. The van der Waals surface area contributed by atoms with E-state index in [2.05, 4.69) is 0 Å². The first-order valence-corrected chi connectivity index (χ1v) is 9.74. The summed E-state index contributed by atoms with van der Waals surface area (Å²) in [5, 5.41) is 0.683. The number of carbonyl (C=O) groups is 2. The van der Waals surface area contributed by atoms with Gasteiger partial charge in [0.15, 0.2) is 0 Å². The Morgan fingerprint density at radius 3 is 2.54 bits per heavy atom. The predicted molar refractivity (Wildman–Crippen MR) is 110 cm³/mol. The van der Waals surface area contributed by atoms with E-state index in [-0.39, 0.29) is 19.0 Å². The highest BCUT2D eigenvalue weighted by Gasteiger charge is 2.22. The fourth-order valence-corrected chi connectivity index (χ4v) is 3.36. The van der Waals surface area contributed by atoms with Crippen molar-refractivity contribution in [3.05, 3.63) is 59.8 Å². The van der Waals surface area contributed by atoms with Crippen LogP contribution in [0.2, 0.25) is 0 Å². The Kier molecular flexibility index (Phi) is 6.37. The van der Waals surface area contributed by atoms with E-state index in [0.29, 0.717) is 29.0 Å². The molecule has 0 N–H and O–H groups in total. The average Bonchev–Trinajstić information content (AvgIpc) is 2.98. The van der Waals surface area contributed by atoms with E-state index in [4.69, 9.17) is 21.1 Å². The Morgan fingerprint density at radius 1 is 1.11 bits per heavy atom. The van der Waals surface area contributed by atoms with E-state index >= 15 is 0 Å². The van der Waals surface area contributed by atoms with E-state index < -0.39 is 5.97 Å². The lowest BCUT2D eigenvalue weighted by Gasteiger charge is -2.09. The third-order valence-electron chi connectivity index (χ3n) is 4.42. The maximum Gasteiger partial charge on any atom is 0.340 e. The molecule has 0 radical (unpaired) electrons. The number of nitrogens with zero attached hydrogens (tertiary/aromatic N) is 1. The van der Waals surface area contributed by atoms with Gasteiger partial charge in [-0.1, -0.05) is 18.2 Å². The van der Waals surface area contributed by atoms with Crippen molar-refractivity contribution in [3.63, 3.8) is 0 Å². The summed E-state index contributed by atoms with van der Waals surface area (Å²) in [5.41, 5.74) is 3.02. The molecular formula is C22H22ClNO4. The van der Waals surface area contributed by atoms with Gasteiger partial charge in [-0.15, -0.1) is 11.6 Å². The molecule has 0 aliphatic carbocycles. The topological polar surface area (TPSA) is 57.5 Å². The van der Waals surface area contributed by atoms with E-state index in [1.165, 1.54) is 0 Å². The molecule has 3 aromatic rings. The number of halogens is 1. The molecule has 0 amide bonds. The number of aromatic nitrogens is 1. The van der Waals surface area contributed by atoms with Crippen molar-refractivity contribution in [2.24, 2.45) is 0 Å². The summed E-state index contributed by atoms with van der Waals surface area (Å²) in [4.78, 5) is 24.6. The van der Waals surface area contributed by atoms with Crippen molar-refractivity contribution >= 4 is 34.4 Å². The first kappa shape index (κ1) is 20.0. The highest BCUT2D eigenvalue weighted by molar-refractivity contribution is 6.17. The van der Waals surface area contributed by atoms with Crippen LogP contribution in [-0.2, 0) is 9.53 Å². The van der Waals surface area contributed by atoms with Gasteiger partial charge in [-0.2, -0.15) is 0 Å². The zero-order chi connectivity index (χ0) is 20.1. The maximum absolute atomic E-state index is 12.6. The smallest absolute Gasteiger partial charge is 0.340 e. The first-order valence-electron chi connectivity index (χ1n) is 9.21. The van der Waals surface area contributed by atoms with Gasteiger partial charge in [0.25, 0.3) is 0 Å². The summed E-state index contributed by atoms with van der Waals surface area (Å²) in [7, 11) is 0. The summed E-state index contributed by atoms with van der Waals surface area (Å²) in [6, 6.07) is 15.1. The molecule has 0 aliphatic heterocycles. The van der Waals surface area contributed by atoms with Crippen molar-refractivity contribution < 1.29 is 19.1 Å². The Labute approximate surface area is 168 Å². The van der Waals surface area contributed by atoms with Crippen LogP contribution in [0.15, 0.2) is 48.5 Å². The number of carbonyl (C=O) groups excluding carboxylic acids is 2. The molecule has 5 nitrogen and oxygen atoms in total. The van der Waals surface area contributed by atoms with Gasteiger partial charge < -0.3 is 14.0 Å². The van der Waals surface area contributed by atoms with Crippen LogP contribution in [0.25, 0.3) is 16.6 Å². The number of rotatable bonds is 7. The van der Waals surface area contributed by atoms with E-state index in [0.717, 1.165) is 16.9 Å². The minimum atomic E-state index is -0.398. The zero-order valence-electron chi connectivity index (χ0n) is 15.9. The molecule has 0 aliphatic rings. The van der Waals surface area contributed by atoms with Gasteiger partial charge in [0.1, 0.15) is 5.75 Å². The number of para-hydroxylation sites is 1. The monoisotopic (exact) mass is 399 g/mol. The maximum atomic E-state index is 12.6. The Bertz CT molecular complexity index is 995. The Balaban J connectivity index is 2.11. The van der Waals surface area contributed by atoms with E-state index in [1.54, 1.807) is 19.1 Å². The molecular weight excluding hydrogens is 378 g/mol. The quantitative estimate of drug-likeness (QED) is 0.317. The lowest BCUT2D eigenvalue weighted by atomic mass is 10.1. The molecule has 1 heterocycles. The standard InChI is InChI=1S/C22H22ClNO4/c1-3-27-22(26)21-15(2)24(16-8-5-4-6-9-16)19-12-11-17(14-18(19)21)28-20(25)10-7-13-23/h4-6,8-9,11-12,14H,3,7,10,13H2,1-2H3. The van der Waals surface area contributed by atoms with Crippen molar-refractivity contribution in [1.29, 1.82) is 0 Å². The molecule has 2 aromatic carbocycles. The van der Waals surface area contributed by atoms with E-state index in [9.17, 15) is 9.59 Å². The van der Waals surface area contributed by atoms with E-state index in [1.807, 2.05) is 47.9 Å². The molecule has 0 spiro atoms. The summed E-state index contributed by atoms with van der Waals surface area (Å²) < 4.78 is 12.7. The molecule has 3 rings (SSSR count). The molecule has 0 fully saturated rings. The van der Waals surface area contributed by atoms with Crippen molar-refractivity contribution in [2.45, 2.75) is 26.7 Å². The summed E-state index contributed by atoms with van der Waals surface area (Å²) in [5.74, 6) is 0.0466. The number of benzene rings is 2. The fraction of sp³-hybridized carbons (Fsp3) is 0.273. The largest absolute Gasteiger partial charge is 0.462 e. The second kappa shape index (κ2) is 8.93. The van der Waals surface area contributed by atoms with Gasteiger partial charge in [0.05, 0.1) is 17.7 Å². The fourth-order valence-electron chi connectivity index (χ4n) is 3.23. The number of fused-ring (bicyclic) bond motifs is 1. The number of hydrogen-bond donors (Lipinski definition) is 0. The number of ether oxygens (including phenoxy) is 2. The van der Waals surface area contributed by atoms with Crippen molar-refractivity contribution in [3.8, 4) is 11.4 Å². The molecule has 0 bridgehead atoms. The molecule has 28 heavy (non-hydrogen) atoms. The van der Waals surface area contributed by atoms with Gasteiger partial charge in [0, 0.05) is 29.1 Å². The van der Waals surface area contributed by atoms with Crippen molar-refractivity contribution in [1.82, 2.24) is 4.57 Å². The molecule has 0 atom stereocenters. The Hall–Kier alpha value is -2.79. The van der Waals surface area contributed by atoms with Crippen LogP contribution >= 0.6 is 11.6 Å². The lowest BCUT2D eigenvalue weighted by molar-refractivity contribution is -0.134. The summed E-state index contributed by atoms with van der Waals surface area (Å²) in [6.07, 6.45) is 0.802. The lowest BCUT2D eigenvalue weighted by Crippen LogP contribution is -2.08. The van der Waals surface area contributed by atoms with Gasteiger partial charge in [-0.3, -0.25) is 4.79 Å². The molecule has 0 saturated heterocycles. The minimum Gasteiger partial charge on any atom is -0.462 e. The molecule has 146 valence electrons. The summed E-state index contributed by atoms with van der Waals surface area (Å²) >= 11 is 5.63. The zero-order valence-corrected chi connectivity index (χ0v) is 16.7. The first-order chi connectivity index (χ1) is 13.6. The van der Waals surface area contributed by atoms with Crippen LogP contribution in [0.3, 0.4) is 0 Å². The number of alkyl halides is 1. The molecule has 6 heteroatoms. The minimum absolute atomic E-state index is 0.246. The number of hydrogen-bond acceptors (Lipinski definition) is 4. The van der Waals surface area contributed by atoms with Crippen LogP contribution in [-0.4, -0.2) is 29.0 Å². The van der Waals surface area contributed by atoms with Crippen LogP contribution in [0, 0.1) is 6.92 Å².